The topological polar surface area (TPSA) is 73.6 Å². The molecule has 0 aliphatic rings. The van der Waals surface area contributed by atoms with Crippen LogP contribution in [-0.2, 0) is 11.2 Å². The molecule has 0 aliphatic carbocycles. The molecule has 1 unspecified atom stereocenters. The van der Waals surface area contributed by atoms with E-state index in [0.717, 1.165) is 35.2 Å². The molecule has 2 aromatic rings. The third-order valence-corrected chi connectivity index (χ3v) is 4.34. The summed E-state index contributed by atoms with van der Waals surface area (Å²) in [4.78, 5) is 12.2. The molecule has 0 radical (unpaired) electrons. The van der Waals surface area contributed by atoms with E-state index in [2.05, 4.69) is 12.2 Å². The predicted molar refractivity (Wildman–Crippen MR) is 117 cm³/mol. The summed E-state index contributed by atoms with van der Waals surface area (Å²) < 4.78 is 11.4. The maximum absolute atomic E-state index is 12.2. The molecule has 0 heterocycles. The van der Waals surface area contributed by atoms with Crippen molar-refractivity contribution in [2.75, 3.05) is 18.5 Å². The number of anilines is 1. The lowest BCUT2D eigenvalue weighted by Crippen LogP contribution is -2.22. The Morgan fingerprint density at radius 3 is 2.46 bits per heavy atom. The number of rotatable bonds is 9. The number of carbonyl (C=O) groups excluding carboxylic acids is 1. The van der Waals surface area contributed by atoms with Crippen LogP contribution in [0, 0.1) is 13.8 Å². The van der Waals surface area contributed by atoms with Gasteiger partial charge in [-0.1, -0.05) is 30.7 Å². The highest BCUT2D eigenvalue weighted by Gasteiger charge is 2.11. The fraction of sp³-hybridized carbons (Fsp3) is 0.409. The van der Waals surface area contributed by atoms with Gasteiger partial charge in [-0.2, -0.15) is 0 Å². The minimum absolute atomic E-state index is 0. The normalized spacial score (nSPS) is 11.3. The van der Waals surface area contributed by atoms with Crippen molar-refractivity contribution in [2.24, 2.45) is 5.73 Å². The third-order valence-electron chi connectivity index (χ3n) is 4.34. The van der Waals surface area contributed by atoms with Crippen LogP contribution in [0.1, 0.15) is 37.0 Å². The van der Waals surface area contributed by atoms with Crippen LogP contribution in [0.15, 0.2) is 36.4 Å². The van der Waals surface area contributed by atoms with Crippen LogP contribution in [0.5, 0.6) is 11.5 Å². The van der Waals surface area contributed by atoms with Crippen molar-refractivity contribution in [1.82, 2.24) is 0 Å². The summed E-state index contributed by atoms with van der Waals surface area (Å²) in [6.07, 6.45) is 1.70. The van der Waals surface area contributed by atoms with Crippen molar-refractivity contribution in [1.29, 1.82) is 0 Å². The lowest BCUT2D eigenvalue weighted by atomic mass is 10.0. The molecule has 0 aromatic heterocycles. The number of halogens is 1. The second-order valence-electron chi connectivity index (χ2n) is 6.74. The molecular weight excluding hydrogens is 376 g/mol. The molecule has 1 amide bonds. The zero-order valence-corrected chi connectivity index (χ0v) is 17.9. The highest BCUT2D eigenvalue weighted by atomic mass is 35.5. The maximum atomic E-state index is 12.2. The van der Waals surface area contributed by atoms with E-state index in [-0.39, 0.29) is 31.0 Å². The van der Waals surface area contributed by atoms with E-state index in [0.29, 0.717) is 18.1 Å². The van der Waals surface area contributed by atoms with Crippen molar-refractivity contribution in [3.63, 3.8) is 0 Å². The van der Waals surface area contributed by atoms with Gasteiger partial charge in [0.15, 0.2) is 18.1 Å². The number of hydrogen-bond acceptors (Lipinski definition) is 4. The average Bonchev–Trinajstić information content (AvgIpc) is 2.63. The fourth-order valence-electron chi connectivity index (χ4n) is 2.80. The van der Waals surface area contributed by atoms with E-state index in [4.69, 9.17) is 15.2 Å². The number of aryl methyl sites for hydroxylation is 2. The maximum Gasteiger partial charge on any atom is 0.262 e. The smallest absolute Gasteiger partial charge is 0.262 e. The molecule has 0 saturated carbocycles. The van der Waals surface area contributed by atoms with Gasteiger partial charge in [0, 0.05) is 11.7 Å². The van der Waals surface area contributed by atoms with Crippen molar-refractivity contribution in [3.8, 4) is 11.5 Å². The van der Waals surface area contributed by atoms with Gasteiger partial charge >= 0.3 is 0 Å². The van der Waals surface area contributed by atoms with Crippen molar-refractivity contribution >= 4 is 24.0 Å². The molecule has 28 heavy (non-hydrogen) atoms. The van der Waals surface area contributed by atoms with Gasteiger partial charge in [-0.05, 0) is 62.9 Å². The Labute approximate surface area is 174 Å². The summed E-state index contributed by atoms with van der Waals surface area (Å²) in [5.41, 5.74) is 10.1. The van der Waals surface area contributed by atoms with Crippen LogP contribution in [0.4, 0.5) is 5.69 Å². The number of nitrogens with one attached hydrogen (secondary N) is 1. The zero-order valence-electron chi connectivity index (χ0n) is 17.1. The summed E-state index contributed by atoms with van der Waals surface area (Å²) in [5.74, 6) is 0.987. The molecule has 2 rings (SSSR count). The molecule has 0 fully saturated rings. The van der Waals surface area contributed by atoms with Crippen LogP contribution in [0.25, 0.3) is 0 Å². The van der Waals surface area contributed by atoms with Gasteiger partial charge in [0.25, 0.3) is 5.91 Å². The largest absolute Gasteiger partial charge is 0.490 e. The minimum Gasteiger partial charge on any atom is -0.490 e. The highest BCUT2D eigenvalue weighted by Crippen LogP contribution is 2.29. The molecule has 0 aliphatic heterocycles. The van der Waals surface area contributed by atoms with E-state index in [1.165, 1.54) is 0 Å². The SMILES string of the molecule is CCOc1cc(CC(N)CC)ccc1OCC(=O)Nc1ccc(C)cc1C.Cl. The van der Waals surface area contributed by atoms with Gasteiger partial charge in [-0.15, -0.1) is 12.4 Å². The first kappa shape index (κ1) is 23.8. The molecule has 0 saturated heterocycles. The summed E-state index contributed by atoms with van der Waals surface area (Å²) in [6.45, 7) is 8.42. The zero-order chi connectivity index (χ0) is 19.8. The Balaban J connectivity index is 0.00000392. The molecule has 5 nitrogen and oxygen atoms in total. The third kappa shape index (κ3) is 7.06. The van der Waals surface area contributed by atoms with E-state index in [1.807, 2.05) is 57.2 Å². The Kier molecular flexibility index (Phi) is 9.83. The summed E-state index contributed by atoms with van der Waals surface area (Å²) >= 11 is 0. The van der Waals surface area contributed by atoms with Crippen LogP contribution >= 0.6 is 12.4 Å². The Hall–Kier alpha value is -2.24. The molecule has 154 valence electrons. The lowest BCUT2D eigenvalue weighted by molar-refractivity contribution is -0.118. The number of ether oxygens (including phenoxy) is 2. The molecule has 0 spiro atoms. The van der Waals surface area contributed by atoms with Crippen molar-refractivity contribution < 1.29 is 14.3 Å². The predicted octanol–water partition coefficient (Wildman–Crippen LogP) is 4.42. The molecule has 2 aromatic carbocycles. The number of nitrogens with two attached hydrogens (primary N) is 1. The van der Waals surface area contributed by atoms with Gasteiger partial charge in [0.1, 0.15) is 0 Å². The number of carbonyl (C=O) groups is 1. The van der Waals surface area contributed by atoms with Crippen LogP contribution in [0.2, 0.25) is 0 Å². The second-order valence-corrected chi connectivity index (χ2v) is 6.74. The Bertz CT molecular complexity index is 780. The minimum atomic E-state index is -0.207. The van der Waals surface area contributed by atoms with E-state index >= 15 is 0 Å². The first-order valence-electron chi connectivity index (χ1n) is 9.44. The molecular formula is C22H31ClN2O3. The van der Waals surface area contributed by atoms with Crippen LogP contribution in [-0.4, -0.2) is 25.2 Å². The summed E-state index contributed by atoms with van der Waals surface area (Å²) in [7, 11) is 0. The van der Waals surface area contributed by atoms with Gasteiger partial charge in [-0.25, -0.2) is 0 Å². The molecule has 1 atom stereocenters. The monoisotopic (exact) mass is 406 g/mol. The summed E-state index contributed by atoms with van der Waals surface area (Å²) in [5, 5.41) is 2.88. The van der Waals surface area contributed by atoms with Crippen molar-refractivity contribution in [3.05, 3.63) is 53.1 Å². The quantitative estimate of drug-likeness (QED) is 0.646. The van der Waals surface area contributed by atoms with Gasteiger partial charge < -0.3 is 20.5 Å². The van der Waals surface area contributed by atoms with E-state index in [1.54, 1.807) is 0 Å². The Morgan fingerprint density at radius 2 is 1.82 bits per heavy atom. The van der Waals surface area contributed by atoms with Crippen molar-refractivity contribution in [2.45, 2.75) is 46.6 Å². The van der Waals surface area contributed by atoms with E-state index in [9.17, 15) is 4.79 Å². The number of amides is 1. The number of benzene rings is 2. The highest BCUT2D eigenvalue weighted by molar-refractivity contribution is 5.92. The van der Waals surface area contributed by atoms with Crippen LogP contribution < -0.4 is 20.5 Å². The average molecular weight is 407 g/mol. The number of hydrogen-bond donors (Lipinski definition) is 2. The van der Waals surface area contributed by atoms with Gasteiger partial charge in [-0.3, -0.25) is 4.79 Å². The molecule has 6 heteroatoms. The summed E-state index contributed by atoms with van der Waals surface area (Å²) in [6, 6.07) is 11.8. The van der Waals surface area contributed by atoms with Gasteiger partial charge in [0.05, 0.1) is 6.61 Å². The van der Waals surface area contributed by atoms with Gasteiger partial charge in [0.2, 0.25) is 0 Å². The Morgan fingerprint density at radius 1 is 1.07 bits per heavy atom. The van der Waals surface area contributed by atoms with E-state index < -0.39 is 0 Å². The first-order chi connectivity index (χ1) is 12.9. The molecule has 0 bridgehead atoms. The first-order valence-corrected chi connectivity index (χ1v) is 9.44. The lowest BCUT2D eigenvalue weighted by Gasteiger charge is -2.15. The standard InChI is InChI=1S/C22H30N2O3.ClH/c1-5-18(23)12-17-8-10-20(21(13-17)26-6-2)27-14-22(25)24-19-9-7-15(3)11-16(19)4;/h7-11,13,18H,5-6,12,14,23H2,1-4H3,(H,24,25);1H. The fourth-order valence-corrected chi connectivity index (χ4v) is 2.80. The molecule has 3 N–H and O–H groups in total. The second kappa shape index (κ2) is 11.6. The van der Waals surface area contributed by atoms with Crippen LogP contribution in [0.3, 0.4) is 0 Å².